The number of carbonyl (C=O) groups excluding carboxylic acids is 1. The predicted molar refractivity (Wildman–Crippen MR) is 118 cm³/mol. The molecule has 1 aliphatic heterocycles. The molecule has 0 aliphatic carbocycles. The number of oxime groups is 1. The van der Waals surface area contributed by atoms with Crippen molar-refractivity contribution in [3.63, 3.8) is 0 Å². The minimum atomic E-state index is -0.392. The number of carbonyl (C=O) groups is 1. The van der Waals surface area contributed by atoms with E-state index < -0.39 is 5.54 Å². The highest BCUT2D eigenvalue weighted by Crippen LogP contribution is 2.26. The summed E-state index contributed by atoms with van der Waals surface area (Å²) in [6.07, 6.45) is 0.223. The van der Waals surface area contributed by atoms with Gasteiger partial charge in [0.1, 0.15) is 5.82 Å². The van der Waals surface area contributed by atoms with Crippen molar-refractivity contribution in [2.45, 2.75) is 45.4 Å². The van der Waals surface area contributed by atoms with Crippen molar-refractivity contribution in [3.8, 4) is 0 Å². The highest BCUT2D eigenvalue weighted by Gasteiger charge is 2.28. The molecule has 2 amide bonds. The van der Waals surface area contributed by atoms with Crippen LogP contribution in [0.4, 0.5) is 9.18 Å². The zero-order valence-corrected chi connectivity index (χ0v) is 18.6. The van der Waals surface area contributed by atoms with Crippen LogP contribution >= 0.6 is 23.2 Å². The fourth-order valence-electron chi connectivity index (χ4n) is 3.05. The van der Waals surface area contributed by atoms with Crippen molar-refractivity contribution in [3.05, 3.63) is 69.5 Å². The molecule has 0 fully saturated rings. The van der Waals surface area contributed by atoms with Crippen LogP contribution in [-0.2, 0) is 11.4 Å². The van der Waals surface area contributed by atoms with E-state index in [1.165, 1.54) is 12.1 Å². The Kier molecular flexibility index (Phi) is 6.88. The van der Waals surface area contributed by atoms with Gasteiger partial charge >= 0.3 is 6.03 Å². The lowest BCUT2D eigenvalue weighted by Crippen LogP contribution is -2.50. The summed E-state index contributed by atoms with van der Waals surface area (Å²) in [5.41, 5.74) is 2.01. The molecule has 0 bridgehead atoms. The topological polar surface area (TPSA) is 53.9 Å². The van der Waals surface area contributed by atoms with Gasteiger partial charge in [-0.1, -0.05) is 46.6 Å². The Morgan fingerprint density at radius 2 is 1.90 bits per heavy atom. The molecule has 8 heteroatoms. The maximum atomic E-state index is 13.2. The van der Waals surface area contributed by atoms with Crippen molar-refractivity contribution in [2.24, 2.45) is 5.16 Å². The molecular formula is C22H24Cl2FN3O2. The zero-order chi connectivity index (χ0) is 21.9. The van der Waals surface area contributed by atoms with E-state index in [4.69, 9.17) is 28.0 Å². The molecule has 0 aromatic heterocycles. The summed E-state index contributed by atoms with van der Waals surface area (Å²) in [5.74, 6) is -0.316. The van der Waals surface area contributed by atoms with Crippen LogP contribution < -0.4 is 5.32 Å². The van der Waals surface area contributed by atoms with E-state index in [-0.39, 0.29) is 18.0 Å². The Balaban J connectivity index is 1.70. The van der Waals surface area contributed by atoms with Gasteiger partial charge in [-0.15, -0.1) is 0 Å². The molecule has 1 atom stereocenters. The predicted octanol–water partition coefficient (Wildman–Crippen LogP) is 5.64. The molecule has 0 unspecified atom stereocenters. The van der Waals surface area contributed by atoms with Gasteiger partial charge in [0.05, 0.1) is 22.3 Å². The lowest BCUT2D eigenvalue weighted by molar-refractivity contribution is 0.0580. The van der Waals surface area contributed by atoms with E-state index in [1.807, 2.05) is 26.8 Å². The molecule has 1 aliphatic rings. The maximum Gasteiger partial charge on any atom is 0.318 e. The van der Waals surface area contributed by atoms with Gasteiger partial charge in [0.25, 0.3) is 0 Å². The quantitative estimate of drug-likeness (QED) is 0.639. The molecule has 0 spiro atoms. The molecule has 0 saturated heterocycles. The van der Waals surface area contributed by atoms with Crippen molar-refractivity contribution >= 4 is 34.9 Å². The highest BCUT2D eigenvalue weighted by atomic mass is 35.5. The van der Waals surface area contributed by atoms with Crippen molar-refractivity contribution in [2.75, 3.05) is 6.54 Å². The van der Waals surface area contributed by atoms with Gasteiger partial charge in [0, 0.05) is 24.1 Å². The largest absolute Gasteiger partial charge is 0.390 e. The van der Waals surface area contributed by atoms with Crippen LogP contribution in [0, 0.1) is 5.82 Å². The second-order valence-corrected chi connectivity index (χ2v) is 9.10. The van der Waals surface area contributed by atoms with E-state index in [1.54, 1.807) is 29.2 Å². The second-order valence-electron chi connectivity index (χ2n) is 8.29. The minimum absolute atomic E-state index is 0.224. The Morgan fingerprint density at radius 3 is 2.53 bits per heavy atom. The summed E-state index contributed by atoms with van der Waals surface area (Å²) in [7, 11) is 0. The SMILES string of the molecule is CC(C)(C)NC(=O)N(Cc1ccc(F)cc1)C[C@@H]1CC(c2ccc(Cl)c(Cl)c2)=NO1. The second kappa shape index (κ2) is 9.23. The number of halogens is 3. The molecular weight excluding hydrogens is 428 g/mol. The van der Waals surface area contributed by atoms with Gasteiger partial charge in [0.2, 0.25) is 0 Å². The first-order valence-electron chi connectivity index (χ1n) is 9.60. The smallest absolute Gasteiger partial charge is 0.318 e. The fraction of sp³-hybridized carbons (Fsp3) is 0.364. The first-order valence-corrected chi connectivity index (χ1v) is 10.4. The van der Waals surface area contributed by atoms with Crippen LogP contribution in [0.2, 0.25) is 10.0 Å². The fourth-order valence-corrected chi connectivity index (χ4v) is 3.35. The molecule has 30 heavy (non-hydrogen) atoms. The average molecular weight is 452 g/mol. The van der Waals surface area contributed by atoms with Crippen LogP contribution in [-0.4, -0.2) is 34.8 Å². The van der Waals surface area contributed by atoms with Crippen molar-refractivity contribution in [1.29, 1.82) is 0 Å². The maximum absolute atomic E-state index is 13.2. The van der Waals surface area contributed by atoms with Crippen LogP contribution in [0.15, 0.2) is 47.6 Å². The van der Waals surface area contributed by atoms with E-state index in [0.29, 0.717) is 29.6 Å². The normalized spacial score (nSPS) is 16.1. The molecule has 1 N–H and O–H groups in total. The van der Waals surface area contributed by atoms with E-state index >= 15 is 0 Å². The Bertz CT molecular complexity index is 942. The van der Waals surface area contributed by atoms with Gasteiger partial charge < -0.3 is 15.1 Å². The summed E-state index contributed by atoms with van der Waals surface area (Å²) >= 11 is 12.1. The zero-order valence-electron chi connectivity index (χ0n) is 17.1. The lowest BCUT2D eigenvalue weighted by atomic mass is 10.0. The molecule has 0 saturated carbocycles. The van der Waals surface area contributed by atoms with Crippen molar-refractivity contribution in [1.82, 2.24) is 10.2 Å². The molecule has 2 aromatic rings. The molecule has 3 rings (SSSR count). The van der Waals surface area contributed by atoms with Gasteiger partial charge in [-0.25, -0.2) is 9.18 Å². The number of rotatable bonds is 5. The van der Waals surface area contributed by atoms with Gasteiger partial charge in [-0.2, -0.15) is 0 Å². The summed E-state index contributed by atoms with van der Waals surface area (Å²) in [6.45, 7) is 6.40. The monoisotopic (exact) mass is 451 g/mol. The van der Waals surface area contributed by atoms with Crippen LogP contribution in [0.25, 0.3) is 0 Å². The first-order chi connectivity index (χ1) is 14.1. The summed E-state index contributed by atoms with van der Waals surface area (Å²) < 4.78 is 13.2. The number of hydrogen-bond donors (Lipinski definition) is 1. The average Bonchev–Trinajstić information content (AvgIpc) is 3.12. The van der Waals surface area contributed by atoms with Crippen LogP contribution in [0.5, 0.6) is 0 Å². The third kappa shape index (κ3) is 6.09. The Hall–Kier alpha value is -2.31. The molecule has 0 radical (unpaired) electrons. The third-order valence-electron chi connectivity index (χ3n) is 4.47. The first kappa shape index (κ1) is 22.4. The molecule has 2 aromatic carbocycles. The van der Waals surface area contributed by atoms with Crippen LogP contribution in [0.1, 0.15) is 38.3 Å². The molecule has 160 valence electrons. The van der Waals surface area contributed by atoms with Gasteiger partial charge in [-0.3, -0.25) is 0 Å². The van der Waals surface area contributed by atoms with E-state index in [0.717, 1.165) is 16.8 Å². The summed E-state index contributed by atoms with van der Waals surface area (Å²) in [5, 5.41) is 8.06. The molecule has 1 heterocycles. The number of nitrogens with one attached hydrogen (secondary N) is 1. The molecule has 5 nitrogen and oxygen atoms in total. The van der Waals surface area contributed by atoms with Crippen LogP contribution in [0.3, 0.4) is 0 Å². The standard InChI is InChI=1S/C22H24Cl2FN3O2/c1-22(2,3)26-21(29)28(12-14-4-7-16(25)8-5-14)13-17-11-20(27-30-17)15-6-9-18(23)19(24)10-15/h4-10,17H,11-13H2,1-3H3,(H,26,29)/t17-/m0/s1. The third-order valence-corrected chi connectivity index (χ3v) is 5.20. The van der Waals surface area contributed by atoms with E-state index in [2.05, 4.69) is 10.5 Å². The van der Waals surface area contributed by atoms with Crippen molar-refractivity contribution < 1.29 is 14.0 Å². The number of benzene rings is 2. The Morgan fingerprint density at radius 1 is 1.20 bits per heavy atom. The summed E-state index contributed by atoms with van der Waals surface area (Å²) in [4.78, 5) is 20.1. The highest BCUT2D eigenvalue weighted by molar-refractivity contribution is 6.42. The van der Waals surface area contributed by atoms with E-state index in [9.17, 15) is 9.18 Å². The lowest BCUT2D eigenvalue weighted by Gasteiger charge is -2.29. The number of urea groups is 1. The Labute approximate surface area is 185 Å². The number of hydrogen-bond acceptors (Lipinski definition) is 3. The van der Waals surface area contributed by atoms with Gasteiger partial charge in [0.15, 0.2) is 6.10 Å². The number of nitrogens with zero attached hydrogens (tertiary/aromatic N) is 2. The van der Waals surface area contributed by atoms with Gasteiger partial charge in [-0.05, 0) is 50.6 Å². The summed E-state index contributed by atoms with van der Waals surface area (Å²) in [6, 6.07) is 11.2. The minimum Gasteiger partial charge on any atom is -0.390 e. The number of amides is 2.